The highest BCUT2D eigenvalue weighted by Crippen LogP contribution is 2.34. The maximum Gasteiger partial charge on any atom is 0.332 e. The molecule has 0 aromatic carbocycles. The lowest BCUT2D eigenvalue weighted by Gasteiger charge is -2.10. The molecule has 132 valence electrons. The first-order valence-electron chi connectivity index (χ1n) is 8.34. The molecule has 1 aliphatic rings. The Morgan fingerprint density at radius 2 is 2.12 bits per heavy atom. The molecule has 3 N–H and O–H groups in total. The summed E-state index contributed by atoms with van der Waals surface area (Å²) in [7, 11) is 0. The van der Waals surface area contributed by atoms with Crippen LogP contribution in [0.5, 0.6) is 0 Å². The standard InChI is InChI=1S/C16H23FN4O2S/c1-10-12(9-19-7-6-18)24-15-13(10)14(22)21(11-3-4-11)16(23)20(15)8-2-5-17/h11,19H,2-9,18H2,1H3. The van der Waals surface area contributed by atoms with Gasteiger partial charge in [0.25, 0.3) is 5.56 Å². The van der Waals surface area contributed by atoms with Crippen molar-refractivity contribution in [3.8, 4) is 0 Å². The Balaban J connectivity index is 2.17. The molecule has 3 rings (SSSR count). The zero-order valence-corrected chi connectivity index (χ0v) is 14.6. The van der Waals surface area contributed by atoms with Crippen molar-refractivity contribution < 1.29 is 4.39 Å². The summed E-state index contributed by atoms with van der Waals surface area (Å²) >= 11 is 1.44. The summed E-state index contributed by atoms with van der Waals surface area (Å²) in [5.41, 5.74) is 5.90. The van der Waals surface area contributed by atoms with Gasteiger partial charge in [-0.25, -0.2) is 4.79 Å². The number of alkyl halides is 1. The fourth-order valence-electron chi connectivity index (χ4n) is 2.95. The molecular weight excluding hydrogens is 331 g/mol. The van der Waals surface area contributed by atoms with Gasteiger partial charge in [-0.1, -0.05) is 0 Å². The Bertz CT molecular complexity index is 850. The molecule has 6 nitrogen and oxygen atoms in total. The van der Waals surface area contributed by atoms with E-state index in [-0.39, 0.29) is 23.7 Å². The first kappa shape index (κ1) is 17.3. The van der Waals surface area contributed by atoms with Crippen LogP contribution in [0.2, 0.25) is 0 Å². The number of nitrogens with two attached hydrogens (primary N) is 1. The van der Waals surface area contributed by atoms with E-state index in [0.717, 1.165) is 23.3 Å². The van der Waals surface area contributed by atoms with E-state index >= 15 is 0 Å². The molecule has 2 aromatic heterocycles. The Labute approximate surface area is 143 Å². The maximum atomic E-state index is 12.9. The Kier molecular flexibility index (Phi) is 5.17. The fraction of sp³-hybridized carbons (Fsp3) is 0.625. The third-order valence-electron chi connectivity index (χ3n) is 4.38. The van der Waals surface area contributed by atoms with E-state index in [2.05, 4.69) is 5.32 Å². The topological polar surface area (TPSA) is 82.1 Å². The number of thiophene rings is 1. The minimum atomic E-state index is -0.480. The van der Waals surface area contributed by atoms with Crippen molar-refractivity contribution in [2.24, 2.45) is 5.73 Å². The summed E-state index contributed by atoms with van der Waals surface area (Å²) in [4.78, 5) is 27.3. The van der Waals surface area contributed by atoms with E-state index < -0.39 is 6.67 Å². The van der Waals surface area contributed by atoms with Gasteiger partial charge in [0.15, 0.2) is 0 Å². The molecule has 0 bridgehead atoms. The molecular formula is C16H23FN4O2S. The van der Waals surface area contributed by atoms with Crippen molar-refractivity contribution in [1.29, 1.82) is 0 Å². The summed E-state index contributed by atoms with van der Waals surface area (Å²) in [5, 5.41) is 3.84. The van der Waals surface area contributed by atoms with Gasteiger partial charge in [-0.15, -0.1) is 11.3 Å². The monoisotopic (exact) mass is 354 g/mol. The minimum Gasteiger partial charge on any atom is -0.329 e. The van der Waals surface area contributed by atoms with Gasteiger partial charge < -0.3 is 11.1 Å². The summed E-state index contributed by atoms with van der Waals surface area (Å²) in [6.07, 6.45) is 1.99. The average molecular weight is 354 g/mol. The van der Waals surface area contributed by atoms with E-state index in [1.165, 1.54) is 15.9 Å². The van der Waals surface area contributed by atoms with Crippen LogP contribution in [0.25, 0.3) is 10.2 Å². The zero-order valence-electron chi connectivity index (χ0n) is 13.8. The second kappa shape index (κ2) is 7.16. The van der Waals surface area contributed by atoms with Crippen molar-refractivity contribution in [1.82, 2.24) is 14.5 Å². The first-order chi connectivity index (χ1) is 11.6. The van der Waals surface area contributed by atoms with Crippen LogP contribution in [-0.2, 0) is 13.1 Å². The third-order valence-corrected chi connectivity index (χ3v) is 5.69. The normalized spacial score (nSPS) is 14.6. The van der Waals surface area contributed by atoms with Crippen LogP contribution in [-0.4, -0.2) is 28.9 Å². The number of nitrogens with zero attached hydrogens (tertiary/aromatic N) is 2. The minimum absolute atomic E-state index is 0.00383. The van der Waals surface area contributed by atoms with E-state index in [1.54, 1.807) is 4.57 Å². The molecule has 0 unspecified atom stereocenters. The highest BCUT2D eigenvalue weighted by molar-refractivity contribution is 7.18. The van der Waals surface area contributed by atoms with Crippen LogP contribution in [0.1, 0.15) is 35.7 Å². The van der Waals surface area contributed by atoms with Crippen molar-refractivity contribution >= 4 is 21.6 Å². The third kappa shape index (κ3) is 3.05. The van der Waals surface area contributed by atoms with Gasteiger partial charge in [0.05, 0.1) is 12.1 Å². The fourth-order valence-corrected chi connectivity index (χ4v) is 4.24. The molecule has 1 saturated carbocycles. The number of nitrogens with one attached hydrogen (secondary N) is 1. The average Bonchev–Trinajstić information content (AvgIpc) is 3.33. The molecule has 8 heteroatoms. The SMILES string of the molecule is Cc1c(CNCCN)sc2c1c(=O)n(C1CC1)c(=O)n2CCCF. The van der Waals surface area contributed by atoms with Crippen molar-refractivity contribution in [3.63, 3.8) is 0 Å². The lowest BCUT2D eigenvalue weighted by Crippen LogP contribution is -2.39. The number of aromatic nitrogens is 2. The molecule has 0 spiro atoms. The van der Waals surface area contributed by atoms with Crippen LogP contribution in [0, 0.1) is 6.92 Å². The maximum absolute atomic E-state index is 12.9. The van der Waals surface area contributed by atoms with E-state index in [4.69, 9.17) is 5.73 Å². The second-order valence-corrected chi connectivity index (χ2v) is 7.26. The van der Waals surface area contributed by atoms with Gasteiger partial charge in [0, 0.05) is 37.1 Å². The molecule has 24 heavy (non-hydrogen) atoms. The van der Waals surface area contributed by atoms with Crippen molar-refractivity contribution in [2.45, 2.75) is 45.3 Å². The first-order valence-corrected chi connectivity index (χ1v) is 9.15. The summed E-state index contributed by atoms with van der Waals surface area (Å²) in [5.74, 6) is 0. The van der Waals surface area contributed by atoms with Gasteiger partial charge in [0.1, 0.15) is 4.83 Å². The van der Waals surface area contributed by atoms with Gasteiger partial charge in [-0.05, 0) is 31.7 Å². The highest BCUT2D eigenvalue weighted by atomic mass is 32.1. The lowest BCUT2D eigenvalue weighted by molar-refractivity contribution is 0.440. The summed E-state index contributed by atoms with van der Waals surface area (Å²) in [6, 6.07) is 0.00383. The molecule has 0 aliphatic heterocycles. The number of halogens is 1. The van der Waals surface area contributed by atoms with Crippen LogP contribution in [0.3, 0.4) is 0 Å². The summed E-state index contributed by atoms with van der Waals surface area (Å²) in [6.45, 7) is 3.58. The van der Waals surface area contributed by atoms with Crippen LogP contribution < -0.4 is 22.3 Å². The number of hydrogen-bond donors (Lipinski definition) is 2. The molecule has 2 aromatic rings. The molecule has 0 atom stereocenters. The molecule has 0 amide bonds. The second-order valence-electron chi connectivity index (χ2n) is 6.18. The zero-order chi connectivity index (χ0) is 17.3. The smallest absolute Gasteiger partial charge is 0.329 e. The van der Waals surface area contributed by atoms with Gasteiger partial charge >= 0.3 is 5.69 Å². The van der Waals surface area contributed by atoms with Crippen molar-refractivity contribution in [3.05, 3.63) is 31.3 Å². The molecule has 0 radical (unpaired) electrons. The van der Waals surface area contributed by atoms with Crippen LogP contribution in [0.4, 0.5) is 4.39 Å². The predicted octanol–water partition coefficient (Wildman–Crippen LogP) is 1.28. The molecule has 2 heterocycles. The molecule has 1 fully saturated rings. The lowest BCUT2D eigenvalue weighted by atomic mass is 10.2. The van der Waals surface area contributed by atoms with E-state index in [0.29, 0.717) is 36.4 Å². The number of aryl methyl sites for hydroxylation is 2. The Morgan fingerprint density at radius 3 is 2.75 bits per heavy atom. The number of hydrogen-bond acceptors (Lipinski definition) is 5. The Hall–Kier alpha value is -1.51. The number of rotatable bonds is 8. The Morgan fingerprint density at radius 1 is 1.38 bits per heavy atom. The summed E-state index contributed by atoms with van der Waals surface area (Å²) < 4.78 is 15.6. The highest BCUT2D eigenvalue weighted by Gasteiger charge is 2.30. The van der Waals surface area contributed by atoms with E-state index in [9.17, 15) is 14.0 Å². The number of fused-ring (bicyclic) bond motifs is 1. The van der Waals surface area contributed by atoms with Crippen LogP contribution in [0.15, 0.2) is 9.59 Å². The molecule has 0 saturated heterocycles. The van der Waals surface area contributed by atoms with Crippen molar-refractivity contribution in [2.75, 3.05) is 19.8 Å². The van der Waals surface area contributed by atoms with E-state index in [1.807, 2.05) is 6.92 Å². The van der Waals surface area contributed by atoms with Gasteiger partial charge in [-0.3, -0.25) is 18.3 Å². The van der Waals surface area contributed by atoms with Gasteiger partial charge in [0.2, 0.25) is 0 Å². The molecule has 1 aliphatic carbocycles. The largest absolute Gasteiger partial charge is 0.332 e. The van der Waals surface area contributed by atoms with Crippen LogP contribution >= 0.6 is 11.3 Å². The van der Waals surface area contributed by atoms with Gasteiger partial charge in [-0.2, -0.15) is 0 Å². The quantitative estimate of drug-likeness (QED) is 0.700. The predicted molar refractivity (Wildman–Crippen MR) is 94.7 cm³/mol.